The molecule has 69 valence electrons. The summed E-state index contributed by atoms with van der Waals surface area (Å²) in [7, 11) is 1.69. The molecule has 1 aromatic carbocycles. The van der Waals surface area contributed by atoms with Crippen LogP contribution in [0.4, 0.5) is 0 Å². The maximum atomic E-state index is 5.32. The smallest absolute Gasteiger partial charge is 0.129 e. The van der Waals surface area contributed by atoms with Crippen molar-refractivity contribution in [2.24, 2.45) is 0 Å². The quantitative estimate of drug-likeness (QED) is 0.683. The largest absolute Gasteiger partial charge is 0.496 e. The van der Waals surface area contributed by atoms with Gasteiger partial charge >= 0.3 is 0 Å². The van der Waals surface area contributed by atoms with Crippen LogP contribution in [0.1, 0.15) is 24.5 Å². The van der Waals surface area contributed by atoms with Gasteiger partial charge in [-0.1, -0.05) is 38.1 Å². The molecular formula is C12H15O. The first-order chi connectivity index (χ1) is 6.33. The minimum atomic E-state index is 0.916. The zero-order chi connectivity index (χ0) is 9.68. The Kier molecular flexibility index (Phi) is 3.56. The number of para-hydroxylation sites is 1. The van der Waals surface area contributed by atoms with Gasteiger partial charge in [0, 0.05) is 5.56 Å². The summed E-state index contributed by atoms with van der Waals surface area (Å²) >= 11 is 0. The highest BCUT2D eigenvalue weighted by atomic mass is 16.5. The molecule has 0 saturated heterocycles. The van der Waals surface area contributed by atoms with Crippen LogP contribution in [0.3, 0.4) is 0 Å². The molecule has 0 spiro atoms. The van der Waals surface area contributed by atoms with Gasteiger partial charge in [0.2, 0.25) is 0 Å². The van der Waals surface area contributed by atoms with Crippen LogP contribution < -0.4 is 4.74 Å². The maximum Gasteiger partial charge on any atom is 0.129 e. The van der Waals surface area contributed by atoms with Crippen molar-refractivity contribution in [1.29, 1.82) is 0 Å². The Labute approximate surface area is 80.0 Å². The number of rotatable bonds is 4. The van der Waals surface area contributed by atoms with Crippen LogP contribution in [0, 0.1) is 6.08 Å². The average molecular weight is 175 g/mol. The first-order valence-electron chi connectivity index (χ1n) is 4.52. The van der Waals surface area contributed by atoms with Gasteiger partial charge in [-0.25, -0.2) is 0 Å². The molecule has 1 radical (unpaired) electrons. The summed E-state index contributed by atoms with van der Waals surface area (Å²) in [6, 6.07) is 6.06. The van der Waals surface area contributed by atoms with Crippen LogP contribution in [-0.2, 0) is 6.42 Å². The standard InChI is InChI=1S/C12H15O/c1-4-7-11-9-6-8-10(5-2)12(11)13-3/h6,8-9H,2,4,7H2,1,3H3. The van der Waals surface area contributed by atoms with Crippen LogP contribution in [0.15, 0.2) is 24.8 Å². The molecule has 1 rings (SSSR count). The van der Waals surface area contributed by atoms with Gasteiger partial charge in [-0.05, 0) is 18.1 Å². The topological polar surface area (TPSA) is 9.23 Å². The lowest BCUT2D eigenvalue weighted by atomic mass is 10.0. The molecule has 13 heavy (non-hydrogen) atoms. The van der Waals surface area contributed by atoms with Crippen molar-refractivity contribution < 1.29 is 4.74 Å². The van der Waals surface area contributed by atoms with Crippen LogP contribution in [0.2, 0.25) is 0 Å². The van der Waals surface area contributed by atoms with Crippen LogP contribution >= 0.6 is 0 Å². The Morgan fingerprint density at radius 3 is 2.77 bits per heavy atom. The Hall–Kier alpha value is -1.24. The fourth-order valence-electron chi connectivity index (χ4n) is 1.43. The van der Waals surface area contributed by atoms with Gasteiger partial charge in [0.05, 0.1) is 7.11 Å². The number of aryl methyl sites for hydroxylation is 1. The van der Waals surface area contributed by atoms with E-state index in [0.717, 1.165) is 24.2 Å². The van der Waals surface area contributed by atoms with E-state index >= 15 is 0 Å². The fraction of sp³-hybridized carbons (Fsp3) is 0.333. The number of methoxy groups -OCH3 is 1. The lowest BCUT2D eigenvalue weighted by Crippen LogP contribution is -1.94. The van der Waals surface area contributed by atoms with Gasteiger partial charge in [-0.3, -0.25) is 0 Å². The molecule has 0 aromatic heterocycles. The van der Waals surface area contributed by atoms with Crippen LogP contribution in [0.5, 0.6) is 5.75 Å². The van der Waals surface area contributed by atoms with E-state index in [0.29, 0.717) is 0 Å². The Balaban J connectivity index is 3.10. The highest BCUT2D eigenvalue weighted by molar-refractivity contribution is 5.44. The van der Waals surface area contributed by atoms with E-state index < -0.39 is 0 Å². The van der Waals surface area contributed by atoms with E-state index in [1.807, 2.05) is 12.1 Å². The van der Waals surface area contributed by atoms with Gasteiger partial charge in [-0.15, -0.1) is 0 Å². The van der Waals surface area contributed by atoms with Crippen molar-refractivity contribution in [2.75, 3.05) is 7.11 Å². The van der Waals surface area contributed by atoms with E-state index in [1.165, 1.54) is 5.56 Å². The van der Waals surface area contributed by atoms with Gasteiger partial charge in [0.1, 0.15) is 5.75 Å². The van der Waals surface area contributed by atoms with Crippen molar-refractivity contribution in [2.45, 2.75) is 19.8 Å². The molecule has 1 nitrogen and oxygen atoms in total. The predicted molar refractivity (Wildman–Crippen MR) is 55.0 cm³/mol. The second-order valence-electron chi connectivity index (χ2n) is 2.92. The molecule has 1 heteroatoms. The van der Waals surface area contributed by atoms with E-state index in [2.05, 4.69) is 25.6 Å². The second kappa shape index (κ2) is 4.70. The molecule has 0 atom stereocenters. The van der Waals surface area contributed by atoms with Gasteiger partial charge in [0.25, 0.3) is 0 Å². The minimum Gasteiger partial charge on any atom is -0.496 e. The third kappa shape index (κ3) is 2.11. The third-order valence-corrected chi connectivity index (χ3v) is 2.01. The summed E-state index contributed by atoms with van der Waals surface area (Å²) in [5, 5.41) is 0. The highest BCUT2D eigenvalue weighted by Gasteiger charge is 2.04. The molecule has 0 amide bonds. The van der Waals surface area contributed by atoms with E-state index in [1.54, 1.807) is 7.11 Å². The SMILES string of the molecule is C=[C]c1cccc(CCC)c1OC. The normalized spacial score (nSPS) is 9.69. The molecule has 0 bridgehead atoms. The summed E-state index contributed by atoms with van der Waals surface area (Å²) in [6.45, 7) is 5.79. The predicted octanol–water partition coefficient (Wildman–Crippen LogP) is 2.98. The van der Waals surface area contributed by atoms with E-state index in [-0.39, 0.29) is 0 Å². The number of hydrogen-bond acceptors (Lipinski definition) is 1. The van der Waals surface area contributed by atoms with Crippen molar-refractivity contribution in [3.8, 4) is 5.75 Å². The van der Waals surface area contributed by atoms with Crippen molar-refractivity contribution in [1.82, 2.24) is 0 Å². The molecule has 0 aliphatic rings. The molecule has 0 saturated carbocycles. The van der Waals surface area contributed by atoms with E-state index in [9.17, 15) is 0 Å². The van der Waals surface area contributed by atoms with Crippen molar-refractivity contribution in [3.05, 3.63) is 42.0 Å². The Morgan fingerprint density at radius 1 is 1.46 bits per heavy atom. The van der Waals surface area contributed by atoms with Gasteiger partial charge < -0.3 is 4.74 Å². The summed E-state index contributed by atoms with van der Waals surface area (Å²) < 4.78 is 5.32. The minimum absolute atomic E-state index is 0.916. The average Bonchev–Trinajstić information content (AvgIpc) is 2.18. The summed E-state index contributed by atoms with van der Waals surface area (Å²) in [5.41, 5.74) is 2.19. The number of ether oxygens (including phenoxy) is 1. The molecule has 1 aromatic rings. The summed E-state index contributed by atoms with van der Waals surface area (Å²) in [6.07, 6.45) is 5.03. The maximum absolute atomic E-state index is 5.32. The molecule has 0 unspecified atom stereocenters. The lowest BCUT2D eigenvalue weighted by Gasteiger charge is -2.09. The zero-order valence-electron chi connectivity index (χ0n) is 8.26. The van der Waals surface area contributed by atoms with Crippen molar-refractivity contribution in [3.63, 3.8) is 0 Å². The van der Waals surface area contributed by atoms with Crippen molar-refractivity contribution >= 4 is 0 Å². The fourth-order valence-corrected chi connectivity index (χ4v) is 1.43. The summed E-state index contributed by atoms with van der Waals surface area (Å²) in [4.78, 5) is 0. The lowest BCUT2D eigenvalue weighted by molar-refractivity contribution is 0.407. The van der Waals surface area contributed by atoms with E-state index in [4.69, 9.17) is 4.74 Å². The van der Waals surface area contributed by atoms with Crippen LogP contribution in [-0.4, -0.2) is 7.11 Å². The van der Waals surface area contributed by atoms with Gasteiger partial charge in [0.15, 0.2) is 0 Å². The molecule has 0 N–H and O–H groups in total. The molecular weight excluding hydrogens is 160 g/mol. The first-order valence-corrected chi connectivity index (χ1v) is 4.52. The Bertz CT molecular complexity index is 289. The monoisotopic (exact) mass is 175 g/mol. The summed E-state index contributed by atoms with van der Waals surface area (Å²) in [5.74, 6) is 0.916. The third-order valence-electron chi connectivity index (χ3n) is 2.01. The number of benzene rings is 1. The molecule has 0 aliphatic carbocycles. The number of hydrogen-bond donors (Lipinski definition) is 0. The molecule has 0 aliphatic heterocycles. The first kappa shape index (κ1) is 9.85. The second-order valence-corrected chi connectivity index (χ2v) is 2.92. The van der Waals surface area contributed by atoms with Gasteiger partial charge in [-0.2, -0.15) is 0 Å². The Morgan fingerprint density at radius 2 is 2.23 bits per heavy atom. The molecule has 0 fully saturated rings. The highest BCUT2D eigenvalue weighted by Crippen LogP contribution is 2.24. The van der Waals surface area contributed by atoms with Crippen LogP contribution in [0.25, 0.3) is 0 Å². The zero-order valence-corrected chi connectivity index (χ0v) is 8.26. The molecule has 0 heterocycles.